The SMILES string of the molecule is COc1ccc(C(C)(C)C)cc1NS(=O)(=O)c1ccc(C(=O)O)cc1. The van der Waals surface area contributed by atoms with Crippen LogP contribution in [0.15, 0.2) is 47.4 Å². The Kier molecular flexibility index (Phi) is 5.08. The molecule has 0 spiro atoms. The van der Waals surface area contributed by atoms with Gasteiger partial charge in [-0.1, -0.05) is 26.8 Å². The van der Waals surface area contributed by atoms with Gasteiger partial charge in [0.15, 0.2) is 0 Å². The monoisotopic (exact) mass is 363 g/mol. The molecular weight excluding hydrogens is 342 g/mol. The number of carboxylic acids is 1. The summed E-state index contributed by atoms with van der Waals surface area (Å²) in [6, 6.07) is 10.4. The van der Waals surface area contributed by atoms with Crippen LogP contribution in [-0.4, -0.2) is 26.6 Å². The summed E-state index contributed by atoms with van der Waals surface area (Å²) in [6.07, 6.45) is 0. The molecule has 0 radical (unpaired) electrons. The fourth-order valence-electron chi connectivity index (χ4n) is 2.23. The number of sulfonamides is 1. The van der Waals surface area contributed by atoms with E-state index >= 15 is 0 Å². The predicted octanol–water partition coefficient (Wildman–Crippen LogP) is 3.49. The molecule has 25 heavy (non-hydrogen) atoms. The van der Waals surface area contributed by atoms with Crippen molar-refractivity contribution in [1.29, 1.82) is 0 Å². The van der Waals surface area contributed by atoms with Gasteiger partial charge in [-0.05, 0) is 47.4 Å². The fourth-order valence-corrected chi connectivity index (χ4v) is 3.30. The Labute approximate surface area is 147 Å². The highest BCUT2D eigenvalue weighted by molar-refractivity contribution is 7.92. The minimum atomic E-state index is -3.87. The number of rotatable bonds is 5. The van der Waals surface area contributed by atoms with Crippen molar-refractivity contribution in [3.63, 3.8) is 0 Å². The minimum absolute atomic E-state index is 0.0197. The summed E-state index contributed by atoms with van der Waals surface area (Å²) >= 11 is 0. The first kappa shape index (κ1) is 18.8. The zero-order chi connectivity index (χ0) is 18.8. The Morgan fingerprint density at radius 2 is 1.68 bits per heavy atom. The molecule has 134 valence electrons. The molecule has 0 heterocycles. The summed E-state index contributed by atoms with van der Waals surface area (Å²) in [6.45, 7) is 6.08. The van der Waals surface area contributed by atoms with Crippen LogP contribution >= 0.6 is 0 Å². The highest BCUT2D eigenvalue weighted by Crippen LogP contribution is 2.32. The van der Waals surface area contributed by atoms with E-state index in [4.69, 9.17) is 9.84 Å². The minimum Gasteiger partial charge on any atom is -0.495 e. The Hall–Kier alpha value is -2.54. The summed E-state index contributed by atoms with van der Waals surface area (Å²) in [7, 11) is -2.41. The molecule has 2 aromatic carbocycles. The molecule has 0 unspecified atom stereocenters. The van der Waals surface area contributed by atoms with Gasteiger partial charge in [-0.3, -0.25) is 4.72 Å². The van der Waals surface area contributed by atoms with E-state index in [-0.39, 0.29) is 15.9 Å². The van der Waals surface area contributed by atoms with Crippen molar-refractivity contribution in [1.82, 2.24) is 0 Å². The molecule has 0 bridgehead atoms. The Morgan fingerprint density at radius 1 is 1.08 bits per heavy atom. The summed E-state index contributed by atoms with van der Waals surface area (Å²) < 4.78 is 33.0. The van der Waals surface area contributed by atoms with Gasteiger partial charge in [-0.2, -0.15) is 0 Å². The second-order valence-corrected chi connectivity index (χ2v) is 8.28. The summed E-state index contributed by atoms with van der Waals surface area (Å²) in [5, 5.41) is 8.91. The zero-order valence-electron chi connectivity index (χ0n) is 14.5. The van der Waals surface area contributed by atoms with Gasteiger partial charge in [-0.25, -0.2) is 13.2 Å². The number of carbonyl (C=O) groups is 1. The number of anilines is 1. The molecule has 2 N–H and O–H groups in total. The summed E-state index contributed by atoms with van der Waals surface area (Å²) in [5.74, 6) is -0.713. The number of hydrogen-bond acceptors (Lipinski definition) is 4. The lowest BCUT2D eigenvalue weighted by Gasteiger charge is -2.21. The molecule has 0 fully saturated rings. The largest absolute Gasteiger partial charge is 0.495 e. The van der Waals surface area contributed by atoms with Gasteiger partial charge in [0.2, 0.25) is 0 Å². The van der Waals surface area contributed by atoms with Crippen molar-refractivity contribution in [3.05, 3.63) is 53.6 Å². The van der Waals surface area contributed by atoms with Gasteiger partial charge in [0.25, 0.3) is 10.0 Å². The number of ether oxygens (including phenoxy) is 1. The molecule has 7 heteroatoms. The molecule has 6 nitrogen and oxygen atoms in total. The predicted molar refractivity (Wildman–Crippen MR) is 95.9 cm³/mol. The van der Waals surface area contributed by atoms with Crippen LogP contribution in [0.25, 0.3) is 0 Å². The Bertz CT molecular complexity index is 881. The van der Waals surface area contributed by atoms with Gasteiger partial charge in [-0.15, -0.1) is 0 Å². The Morgan fingerprint density at radius 3 is 2.16 bits per heavy atom. The van der Waals surface area contributed by atoms with E-state index in [2.05, 4.69) is 4.72 Å². The lowest BCUT2D eigenvalue weighted by atomic mass is 9.87. The molecule has 0 aromatic heterocycles. The number of carboxylic acid groups (broad SMARTS) is 1. The fraction of sp³-hybridized carbons (Fsp3) is 0.278. The van der Waals surface area contributed by atoms with Gasteiger partial charge in [0.05, 0.1) is 23.3 Å². The number of aromatic carboxylic acids is 1. The second-order valence-electron chi connectivity index (χ2n) is 6.60. The van der Waals surface area contributed by atoms with Crippen LogP contribution in [0.3, 0.4) is 0 Å². The molecule has 0 saturated carbocycles. The summed E-state index contributed by atoms with van der Waals surface area (Å²) in [4.78, 5) is 10.9. The van der Waals surface area contributed by atoms with E-state index in [1.54, 1.807) is 12.1 Å². The highest BCUT2D eigenvalue weighted by Gasteiger charge is 2.20. The van der Waals surface area contributed by atoms with E-state index in [0.717, 1.165) is 5.56 Å². The van der Waals surface area contributed by atoms with Gasteiger partial charge < -0.3 is 9.84 Å². The number of methoxy groups -OCH3 is 1. The molecule has 0 atom stereocenters. The third kappa shape index (κ3) is 4.30. The van der Waals surface area contributed by atoms with Crippen molar-refractivity contribution in [3.8, 4) is 5.75 Å². The third-order valence-electron chi connectivity index (χ3n) is 3.72. The molecule has 0 aliphatic rings. The van der Waals surface area contributed by atoms with Gasteiger partial charge in [0, 0.05) is 0 Å². The number of hydrogen-bond donors (Lipinski definition) is 2. The smallest absolute Gasteiger partial charge is 0.335 e. The van der Waals surface area contributed by atoms with E-state index in [0.29, 0.717) is 11.4 Å². The van der Waals surface area contributed by atoms with Crippen LogP contribution in [0, 0.1) is 0 Å². The lowest BCUT2D eigenvalue weighted by molar-refractivity contribution is 0.0696. The van der Waals surface area contributed by atoms with Crippen LogP contribution in [0.4, 0.5) is 5.69 Å². The van der Waals surface area contributed by atoms with Crippen molar-refractivity contribution in [2.75, 3.05) is 11.8 Å². The molecule has 0 amide bonds. The van der Waals surface area contributed by atoms with E-state index in [1.165, 1.54) is 31.4 Å². The molecule has 0 aliphatic carbocycles. The Balaban J connectivity index is 2.41. The summed E-state index contributed by atoms with van der Waals surface area (Å²) in [5.41, 5.74) is 1.14. The van der Waals surface area contributed by atoms with E-state index in [1.807, 2.05) is 26.8 Å². The molecule has 0 saturated heterocycles. The average molecular weight is 363 g/mol. The third-order valence-corrected chi connectivity index (χ3v) is 5.10. The van der Waals surface area contributed by atoms with Gasteiger partial charge in [0.1, 0.15) is 5.75 Å². The zero-order valence-corrected chi connectivity index (χ0v) is 15.3. The van der Waals surface area contributed by atoms with Crippen molar-refractivity contribution in [2.24, 2.45) is 0 Å². The molecule has 2 aromatic rings. The first-order chi connectivity index (χ1) is 11.5. The van der Waals surface area contributed by atoms with E-state index < -0.39 is 16.0 Å². The lowest BCUT2D eigenvalue weighted by Crippen LogP contribution is -2.16. The number of nitrogens with one attached hydrogen (secondary N) is 1. The maximum absolute atomic E-state index is 12.6. The van der Waals surface area contributed by atoms with Crippen LogP contribution in [0.1, 0.15) is 36.7 Å². The first-order valence-corrected chi connectivity index (χ1v) is 9.07. The van der Waals surface area contributed by atoms with Crippen molar-refractivity contribution >= 4 is 21.7 Å². The van der Waals surface area contributed by atoms with Crippen LogP contribution in [0.2, 0.25) is 0 Å². The molecule has 2 rings (SSSR count). The maximum atomic E-state index is 12.6. The van der Waals surface area contributed by atoms with Crippen molar-refractivity contribution in [2.45, 2.75) is 31.1 Å². The average Bonchev–Trinajstić information content (AvgIpc) is 2.53. The van der Waals surface area contributed by atoms with Gasteiger partial charge >= 0.3 is 5.97 Å². The quantitative estimate of drug-likeness (QED) is 0.848. The maximum Gasteiger partial charge on any atom is 0.335 e. The molecular formula is C18H21NO5S. The first-order valence-electron chi connectivity index (χ1n) is 7.59. The second kappa shape index (κ2) is 6.76. The number of benzene rings is 2. The molecule has 0 aliphatic heterocycles. The van der Waals surface area contributed by atoms with E-state index in [9.17, 15) is 13.2 Å². The highest BCUT2D eigenvalue weighted by atomic mass is 32.2. The van der Waals surface area contributed by atoms with Crippen LogP contribution < -0.4 is 9.46 Å². The van der Waals surface area contributed by atoms with Crippen LogP contribution in [-0.2, 0) is 15.4 Å². The normalized spacial score (nSPS) is 11.8. The van der Waals surface area contributed by atoms with Crippen molar-refractivity contribution < 1.29 is 23.1 Å². The van der Waals surface area contributed by atoms with Crippen LogP contribution in [0.5, 0.6) is 5.75 Å². The standard InChI is InChI=1S/C18H21NO5S/c1-18(2,3)13-7-10-16(24-4)15(11-13)19-25(22,23)14-8-5-12(6-9-14)17(20)21/h5-11,19H,1-4H3,(H,20,21). The topological polar surface area (TPSA) is 92.7 Å².